The minimum Gasteiger partial charge on any atom is -0.494 e. The number of ether oxygens (including phenoxy) is 1. The maximum Gasteiger partial charge on any atom is 0.191 e. The van der Waals surface area contributed by atoms with E-state index in [2.05, 4.69) is 56.9 Å². The molecule has 1 heterocycles. The zero-order chi connectivity index (χ0) is 19.6. The fraction of sp³-hybridized carbons (Fsp3) is 0.435. The highest BCUT2D eigenvalue weighted by molar-refractivity contribution is 14.0. The molecule has 0 aromatic heterocycles. The molecule has 1 fully saturated rings. The van der Waals surface area contributed by atoms with Gasteiger partial charge in [-0.2, -0.15) is 0 Å². The summed E-state index contributed by atoms with van der Waals surface area (Å²) in [6, 6.07) is 19.3. The van der Waals surface area contributed by atoms with Gasteiger partial charge in [0.2, 0.25) is 0 Å². The second kappa shape index (κ2) is 12.7. The molecule has 0 unspecified atom stereocenters. The number of aliphatic imine (C=N–C) groups is 1. The van der Waals surface area contributed by atoms with E-state index in [-0.39, 0.29) is 24.0 Å². The van der Waals surface area contributed by atoms with Crippen molar-refractivity contribution in [3.05, 3.63) is 65.7 Å². The van der Waals surface area contributed by atoms with E-state index in [1.165, 1.54) is 5.56 Å². The van der Waals surface area contributed by atoms with E-state index in [0.717, 1.165) is 49.7 Å². The summed E-state index contributed by atoms with van der Waals surface area (Å²) in [6.07, 6.45) is 2.26. The Balaban J connectivity index is 0.00000300. The summed E-state index contributed by atoms with van der Waals surface area (Å²) in [5.74, 6) is 1.79. The number of guanidine groups is 1. The average Bonchev–Trinajstić information content (AvgIpc) is 2.74. The summed E-state index contributed by atoms with van der Waals surface area (Å²) in [6.45, 7) is 6.63. The Bertz CT molecular complexity index is 746. The van der Waals surface area contributed by atoms with E-state index in [9.17, 15) is 0 Å². The number of halogens is 1. The Hall–Kier alpha value is -1.80. The van der Waals surface area contributed by atoms with E-state index in [1.807, 2.05) is 32.2 Å². The molecular weight excluding hydrogens is 475 g/mol. The molecule has 1 aliphatic heterocycles. The highest BCUT2D eigenvalue weighted by Gasteiger charge is 2.20. The van der Waals surface area contributed by atoms with Gasteiger partial charge in [0, 0.05) is 44.8 Å². The van der Waals surface area contributed by atoms with Crippen molar-refractivity contribution in [3.8, 4) is 5.75 Å². The first-order valence-corrected chi connectivity index (χ1v) is 10.2. The first-order chi connectivity index (χ1) is 13.8. The van der Waals surface area contributed by atoms with Gasteiger partial charge in [0.1, 0.15) is 5.75 Å². The van der Waals surface area contributed by atoms with Gasteiger partial charge in [-0.15, -0.1) is 24.0 Å². The Labute approximate surface area is 192 Å². The number of nitrogens with one attached hydrogen (secondary N) is 2. The molecule has 2 N–H and O–H groups in total. The number of nitrogens with zero attached hydrogens (tertiary/aromatic N) is 2. The standard InChI is InChI=1S/C23H32N4O.HI/c1-3-28-22-12-8-7-11-20(22)17-25-23(24-2)26-21-13-15-27(16-14-21)18-19-9-5-4-6-10-19;/h4-12,21H,3,13-18H2,1-2H3,(H2,24,25,26);1H. The van der Waals surface area contributed by atoms with Crippen LogP contribution in [0, 0.1) is 0 Å². The fourth-order valence-electron chi connectivity index (χ4n) is 3.59. The summed E-state index contributed by atoms with van der Waals surface area (Å²) in [7, 11) is 1.83. The van der Waals surface area contributed by atoms with Crippen molar-refractivity contribution in [2.45, 2.75) is 38.9 Å². The van der Waals surface area contributed by atoms with Gasteiger partial charge in [0.25, 0.3) is 0 Å². The smallest absolute Gasteiger partial charge is 0.191 e. The van der Waals surface area contributed by atoms with Crippen molar-refractivity contribution in [2.75, 3.05) is 26.7 Å². The minimum atomic E-state index is 0. The molecule has 0 saturated carbocycles. The van der Waals surface area contributed by atoms with Crippen LogP contribution in [0.25, 0.3) is 0 Å². The average molecular weight is 508 g/mol. The molecule has 1 aliphatic rings. The maximum atomic E-state index is 5.71. The molecule has 0 spiro atoms. The Morgan fingerprint density at radius 2 is 1.76 bits per heavy atom. The third-order valence-corrected chi connectivity index (χ3v) is 5.12. The lowest BCUT2D eigenvalue weighted by atomic mass is 10.0. The summed E-state index contributed by atoms with van der Waals surface area (Å²) in [5, 5.41) is 7.01. The van der Waals surface area contributed by atoms with Crippen LogP contribution in [0.3, 0.4) is 0 Å². The fourth-order valence-corrected chi connectivity index (χ4v) is 3.59. The number of likely N-dealkylation sites (tertiary alicyclic amines) is 1. The molecule has 0 aliphatic carbocycles. The Morgan fingerprint density at radius 3 is 2.45 bits per heavy atom. The quantitative estimate of drug-likeness (QED) is 0.337. The predicted molar refractivity (Wildman–Crippen MR) is 131 cm³/mol. The first kappa shape index (κ1) is 23.5. The van der Waals surface area contributed by atoms with Crippen LogP contribution in [-0.2, 0) is 13.1 Å². The summed E-state index contributed by atoms with van der Waals surface area (Å²) < 4.78 is 5.71. The minimum absolute atomic E-state index is 0. The van der Waals surface area contributed by atoms with Crippen molar-refractivity contribution in [2.24, 2.45) is 4.99 Å². The Morgan fingerprint density at radius 1 is 1.07 bits per heavy atom. The van der Waals surface area contributed by atoms with Crippen LogP contribution in [0.4, 0.5) is 0 Å². The molecule has 29 heavy (non-hydrogen) atoms. The number of benzene rings is 2. The maximum absolute atomic E-state index is 5.71. The lowest BCUT2D eigenvalue weighted by molar-refractivity contribution is 0.198. The molecule has 1 saturated heterocycles. The van der Waals surface area contributed by atoms with Crippen LogP contribution in [0.5, 0.6) is 5.75 Å². The molecule has 2 aromatic carbocycles. The molecule has 0 bridgehead atoms. The normalized spacial score (nSPS) is 15.4. The number of rotatable bonds is 7. The molecule has 2 aromatic rings. The molecule has 0 atom stereocenters. The number of para-hydroxylation sites is 1. The first-order valence-electron chi connectivity index (χ1n) is 10.2. The largest absolute Gasteiger partial charge is 0.494 e. The van der Waals surface area contributed by atoms with Crippen LogP contribution in [0.15, 0.2) is 59.6 Å². The lowest BCUT2D eigenvalue weighted by Gasteiger charge is -2.33. The third kappa shape index (κ3) is 7.51. The van der Waals surface area contributed by atoms with E-state index in [0.29, 0.717) is 19.2 Å². The highest BCUT2D eigenvalue weighted by atomic mass is 127. The van der Waals surface area contributed by atoms with E-state index in [1.54, 1.807) is 0 Å². The highest BCUT2D eigenvalue weighted by Crippen LogP contribution is 2.18. The zero-order valence-electron chi connectivity index (χ0n) is 17.4. The van der Waals surface area contributed by atoms with Gasteiger partial charge in [-0.3, -0.25) is 9.89 Å². The number of hydrogen-bond donors (Lipinski definition) is 2. The van der Waals surface area contributed by atoms with Crippen molar-refractivity contribution < 1.29 is 4.74 Å². The molecule has 0 radical (unpaired) electrons. The van der Waals surface area contributed by atoms with E-state index in [4.69, 9.17) is 4.74 Å². The van der Waals surface area contributed by atoms with E-state index >= 15 is 0 Å². The lowest BCUT2D eigenvalue weighted by Crippen LogP contribution is -2.48. The van der Waals surface area contributed by atoms with Gasteiger partial charge in [0.05, 0.1) is 6.61 Å². The second-order valence-electron chi connectivity index (χ2n) is 7.15. The molecule has 0 amide bonds. The third-order valence-electron chi connectivity index (χ3n) is 5.12. The topological polar surface area (TPSA) is 48.9 Å². The SMILES string of the molecule is CCOc1ccccc1CNC(=NC)NC1CCN(Cc2ccccc2)CC1.I. The van der Waals surface area contributed by atoms with Crippen molar-refractivity contribution in [1.82, 2.24) is 15.5 Å². The van der Waals surface area contributed by atoms with Crippen LogP contribution in [0.1, 0.15) is 30.9 Å². The molecule has 5 nitrogen and oxygen atoms in total. The van der Waals surface area contributed by atoms with Gasteiger partial charge in [-0.25, -0.2) is 0 Å². The molecule has 6 heteroatoms. The van der Waals surface area contributed by atoms with Crippen molar-refractivity contribution in [3.63, 3.8) is 0 Å². The second-order valence-corrected chi connectivity index (χ2v) is 7.15. The van der Waals surface area contributed by atoms with Gasteiger partial charge < -0.3 is 15.4 Å². The monoisotopic (exact) mass is 508 g/mol. The Kier molecular flexibility index (Phi) is 10.3. The number of hydrogen-bond acceptors (Lipinski definition) is 3. The van der Waals surface area contributed by atoms with E-state index < -0.39 is 0 Å². The summed E-state index contributed by atoms with van der Waals surface area (Å²) in [5.41, 5.74) is 2.53. The van der Waals surface area contributed by atoms with Crippen LogP contribution in [0.2, 0.25) is 0 Å². The van der Waals surface area contributed by atoms with Crippen LogP contribution < -0.4 is 15.4 Å². The zero-order valence-corrected chi connectivity index (χ0v) is 19.8. The molecule has 158 valence electrons. The van der Waals surface area contributed by atoms with Gasteiger partial charge in [-0.1, -0.05) is 48.5 Å². The van der Waals surface area contributed by atoms with Gasteiger partial charge in [-0.05, 0) is 31.4 Å². The van der Waals surface area contributed by atoms with Crippen LogP contribution in [-0.4, -0.2) is 43.6 Å². The summed E-state index contributed by atoms with van der Waals surface area (Å²) in [4.78, 5) is 6.93. The van der Waals surface area contributed by atoms with Crippen molar-refractivity contribution in [1.29, 1.82) is 0 Å². The van der Waals surface area contributed by atoms with Crippen molar-refractivity contribution >= 4 is 29.9 Å². The predicted octanol–water partition coefficient (Wildman–Crippen LogP) is 4.03. The van der Waals surface area contributed by atoms with Gasteiger partial charge in [0.15, 0.2) is 5.96 Å². The number of piperidine rings is 1. The van der Waals surface area contributed by atoms with Crippen LogP contribution >= 0.6 is 24.0 Å². The molecule has 3 rings (SSSR count). The van der Waals surface area contributed by atoms with Gasteiger partial charge >= 0.3 is 0 Å². The summed E-state index contributed by atoms with van der Waals surface area (Å²) >= 11 is 0. The molecular formula is C23H33IN4O.